The normalized spacial score (nSPS) is 45.0. The second kappa shape index (κ2) is 10.5. The minimum absolute atomic E-state index is 0.0995. The number of rotatable bonds is 4. The lowest BCUT2D eigenvalue weighted by molar-refractivity contribution is -0.224. The first-order valence-electron chi connectivity index (χ1n) is 17.0. The zero-order valence-corrected chi connectivity index (χ0v) is 27.8. The Balaban J connectivity index is 1.22. The Bertz CT molecular complexity index is 1470. The van der Waals surface area contributed by atoms with E-state index in [0.717, 1.165) is 30.4 Å². The Hall–Kier alpha value is -2.98. The van der Waals surface area contributed by atoms with E-state index >= 15 is 0 Å². The molecular formula is C36H47NO9. The standard InChI is InChI=1S/C36H47NO9/c1-19-16-26(44-31(40)20(19)2)21(3)24-17-29(43-22(4)38)35(42)25-18-30-36(46-30)28(45-32(41)37-14-8-7-9-15-37)11-10-27(39)34(36,6)23(25)12-13-33(24,35)5/h10-11,17,21,23,25-26,28-30,42H,7-9,12-16,18H2,1-6H3. The number of likely N-dealkylation sites (tertiary alicyclic amines) is 1. The highest BCUT2D eigenvalue weighted by atomic mass is 16.7. The van der Waals surface area contributed by atoms with Crippen molar-refractivity contribution in [3.05, 3.63) is 34.9 Å². The van der Waals surface area contributed by atoms with Gasteiger partial charge < -0.3 is 29.0 Å². The molecule has 3 aliphatic heterocycles. The first-order valence-corrected chi connectivity index (χ1v) is 17.0. The van der Waals surface area contributed by atoms with Crippen LogP contribution in [-0.4, -0.2) is 82.5 Å². The summed E-state index contributed by atoms with van der Waals surface area (Å²) < 4.78 is 24.4. The second-order valence-corrected chi connectivity index (χ2v) is 15.3. The highest BCUT2D eigenvalue weighted by Crippen LogP contribution is 2.74. The maximum absolute atomic E-state index is 14.0. The average molecular weight is 638 g/mol. The van der Waals surface area contributed by atoms with Gasteiger partial charge in [0.25, 0.3) is 0 Å². The lowest BCUT2D eigenvalue weighted by Gasteiger charge is -2.61. The zero-order valence-electron chi connectivity index (χ0n) is 27.8. The molecule has 11 unspecified atom stereocenters. The van der Waals surface area contributed by atoms with E-state index in [1.165, 1.54) is 13.0 Å². The monoisotopic (exact) mass is 637 g/mol. The van der Waals surface area contributed by atoms with Crippen molar-refractivity contribution in [3.8, 4) is 0 Å². The molecule has 11 atom stereocenters. The fourth-order valence-corrected chi connectivity index (χ4v) is 10.5. The summed E-state index contributed by atoms with van der Waals surface area (Å²) in [7, 11) is 0. The number of aliphatic hydroxyl groups is 1. The van der Waals surface area contributed by atoms with Crippen molar-refractivity contribution in [2.24, 2.45) is 28.6 Å². The number of hydrogen-bond donors (Lipinski definition) is 1. The number of ketones is 1. The van der Waals surface area contributed by atoms with Gasteiger partial charge in [-0.3, -0.25) is 9.59 Å². The number of amides is 1. The highest BCUT2D eigenvalue weighted by Gasteiger charge is 2.83. The van der Waals surface area contributed by atoms with E-state index in [4.69, 9.17) is 18.9 Å². The number of ether oxygens (including phenoxy) is 4. The molecule has 3 heterocycles. The molecule has 0 radical (unpaired) electrons. The van der Waals surface area contributed by atoms with E-state index in [-0.39, 0.29) is 29.7 Å². The van der Waals surface area contributed by atoms with Crippen molar-refractivity contribution in [2.45, 2.75) is 122 Å². The number of piperidine rings is 1. The Morgan fingerprint density at radius 2 is 1.78 bits per heavy atom. The Labute approximate surface area is 270 Å². The summed E-state index contributed by atoms with van der Waals surface area (Å²) in [6, 6.07) is 0. The molecule has 0 aromatic heterocycles. The first-order chi connectivity index (χ1) is 21.7. The number of carbonyl (C=O) groups is 4. The lowest BCUT2D eigenvalue weighted by atomic mass is 9.42. The van der Waals surface area contributed by atoms with Gasteiger partial charge in [-0.2, -0.15) is 0 Å². The van der Waals surface area contributed by atoms with Crippen molar-refractivity contribution < 1.29 is 43.2 Å². The predicted octanol–water partition coefficient (Wildman–Crippen LogP) is 4.59. The van der Waals surface area contributed by atoms with Gasteiger partial charge in [-0.05, 0) is 89.4 Å². The van der Waals surface area contributed by atoms with E-state index < -0.39 is 58.3 Å². The second-order valence-electron chi connectivity index (χ2n) is 15.3. The molecule has 10 nitrogen and oxygen atoms in total. The maximum atomic E-state index is 14.0. The van der Waals surface area contributed by atoms with Gasteiger partial charge in [-0.15, -0.1) is 0 Å². The van der Waals surface area contributed by atoms with Crippen molar-refractivity contribution in [2.75, 3.05) is 13.1 Å². The van der Waals surface area contributed by atoms with E-state index in [2.05, 4.69) is 0 Å². The molecule has 2 saturated heterocycles. The molecule has 7 aliphatic rings. The zero-order chi connectivity index (χ0) is 33.0. The molecule has 7 rings (SSSR count). The van der Waals surface area contributed by atoms with Crippen LogP contribution in [0.5, 0.6) is 0 Å². The minimum Gasteiger partial charge on any atom is -0.458 e. The van der Waals surface area contributed by atoms with Crippen molar-refractivity contribution in [3.63, 3.8) is 0 Å². The topological polar surface area (TPSA) is 132 Å². The summed E-state index contributed by atoms with van der Waals surface area (Å²) in [5, 5.41) is 13.1. The summed E-state index contributed by atoms with van der Waals surface area (Å²) in [5.41, 5.74) is -1.91. The van der Waals surface area contributed by atoms with Crippen LogP contribution in [0.15, 0.2) is 34.9 Å². The third-order valence-electron chi connectivity index (χ3n) is 13.3. The molecule has 0 bridgehead atoms. The number of carbonyl (C=O) groups excluding carboxylic acids is 4. The number of fused-ring (bicyclic) bond motifs is 4. The van der Waals surface area contributed by atoms with Crippen LogP contribution >= 0.6 is 0 Å². The third kappa shape index (κ3) is 4.07. The van der Waals surface area contributed by atoms with Gasteiger partial charge >= 0.3 is 18.0 Å². The molecule has 4 aliphatic carbocycles. The van der Waals surface area contributed by atoms with Gasteiger partial charge in [-0.1, -0.05) is 25.0 Å². The molecule has 250 valence electrons. The van der Waals surface area contributed by atoms with Crippen LogP contribution in [0.4, 0.5) is 4.79 Å². The number of hydrogen-bond acceptors (Lipinski definition) is 9. The summed E-state index contributed by atoms with van der Waals surface area (Å²) in [4.78, 5) is 54.2. The molecule has 46 heavy (non-hydrogen) atoms. The number of epoxide rings is 1. The SMILES string of the molecule is CC(=O)OC1C=C(C(C)C2CC(C)=C(C)C(=O)O2)C2(C)CCC3C(CC4OC45C(OC(=O)N4CCCCC4)C=CC(=O)C35C)C12O. The number of esters is 2. The van der Waals surface area contributed by atoms with Crippen LogP contribution in [0.1, 0.15) is 86.5 Å². The van der Waals surface area contributed by atoms with Crippen LogP contribution in [0.3, 0.4) is 0 Å². The molecule has 0 aromatic rings. The molecule has 1 amide bonds. The van der Waals surface area contributed by atoms with Crippen LogP contribution in [0, 0.1) is 28.6 Å². The fraction of sp³-hybridized carbons (Fsp3) is 0.722. The van der Waals surface area contributed by atoms with Crippen LogP contribution in [0.2, 0.25) is 0 Å². The summed E-state index contributed by atoms with van der Waals surface area (Å²) in [6.07, 6.45) is 7.31. The van der Waals surface area contributed by atoms with E-state index in [0.29, 0.717) is 44.3 Å². The Kier molecular flexibility index (Phi) is 7.22. The molecular weight excluding hydrogens is 590 g/mol. The van der Waals surface area contributed by atoms with Gasteiger partial charge in [-0.25, -0.2) is 9.59 Å². The summed E-state index contributed by atoms with van der Waals surface area (Å²) >= 11 is 0. The highest BCUT2D eigenvalue weighted by molar-refractivity contribution is 5.98. The quantitative estimate of drug-likeness (QED) is 0.204. The van der Waals surface area contributed by atoms with Crippen molar-refractivity contribution in [1.29, 1.82) is 0 Å². The molecule has 0 aromatic carbocycles. The lowest BCUT2D eigenvalue weighted by Crippen LogP contribution is -2.70. The first kappa shape index (κ1) is 31.6. The van der Waals surface area contributed by atoms with Crippen molar-refractivity contribution >= 4 is 23.8 Å². The number of nitrogens with zero attached hydrogens (tertiary/aromatic N) is 1. The number of allylic oxidation sites excluding steroid dienone is 1. The van der Waals surface area contributed by atoms with Crippen molar-refractivity contribution in [1.82, 2.24) is 4.90 Å². The maximum Gasteiger partial charge on any atom is 0.410 e. The predicted molar refractivity (Wildman–Crippen MR) is 165 cm³/mol. The summed E-state index contributed by atoms with van der Waals surface area (Å²) in [6.45, 7) is 12.3. The molecule has 10 heteroatoms. The summed E-state index contributed by atoms with van der Waals surface area (Å²) in [5.74, 6) is -1.95. The largest absolute Gasteiger partial charge is 0.458 e. The number of cyclic esters (lactones) is 1. The van der Waals surface area contributed by atoms with Gasteiger partial charge in [0.05, 0.1) is 11.5 Å². The van der Waals surface area contributed by atoms with E-state index in [1.54, 1.807) is 17.9 Å². The molecule has 2 saturated carbocycles. The smallest absolute Gasteiger partial charge is 0.410 e. The fourth-order valence-electron chi connectivity index (χ4n) is 10.5. The molecule has 1 spiro atoms. The van der Waals surface area contributed by atoms with E-state index in [1.807, 2.05) is 33.8 Å². The molecule has 4 fully saturated rings. The molecule has 1 N–H and O–H groups in total. The third-order valence-corrected chi connectivity index (χ3v) is 13.3. The van der Waals surface area contributed by atoms with Crippen LogP contribution < -0.4 is 0 Å². The van der Waals surface area contributed by atoms with Gasteiger partial charge in [0, 0.05) is 43.3 Å². The Morgan fingerprint density at radius 3 is 2.46 bits per heavy atom. The Morgan fingerprint density at radius 1 is 1.07 bits per heavy atom. The average Bonchev–Trinajstić information content (AvgIpc) is 3.71. The van der Waals surface area contributed by atoms with Gasteiger partial charge in [0.15, 0.2) is 11.9 Å². The van der Waals surface area contributed by atoms with Crippen LogP contribution in [-0.2, 0) is 33.3 Å². The van der Waals surface area contributed by atoms with Gasteiger partial charge in [0.1, 0.15) is 23.4 Å². The van der Waals surface area contributed by atoms with E-state index in [9.17, 15) is 24.3 Å². The van der Waals surface area contributed by atoms with Crippen LogP contribution in [0.25, 0.3) is 0 Å². The van der Waals surface area contributed by atoms with Gasteiger partial charge in [0.2, 0.25) is 0 Å². The minimum atomic E-state index is -1.53.